The Morgan fingerprint density at radius 1 is 1.28 bits per heavy atom. The third-order valence-electron chi connectivity index (χ3n) is 4.29. The third-order valence-corrected chi connectivity index (χ3v) is 7.88. The maximum atomic E-state index is 12.5. The molecule has 2 fully saturated rings. The monoisotopic (exact) mass is 376 g/mol. The summed E-state index contributed by atoms with van der Waals surface area (Å²) in [5.74, 6) is 1.48. The summed E-state index contributed by atoms with van der Waals surface area (Å²) in [4.78, 5) is 0. The summed E-state index contributed by atoms with van der Waals surface area (Å²) in [7, 11) is -0.845. The van der Waals surface area contributed by atoms with Crippen LogP contribution in [0.4, 0.5) is 0 Å². The van der Waals surface area contributed by atoms with Crippen LogP contribution in [0.1, 0.15) is 18.4 Å². The van der Waals surface area contributed by atoms with Gasteiger partial charge in [-0.15, -0.1) is 0 Å². The molecule has 3 rings (SSSR count). The Kier molecular flexibility index (Phi) is 3.78. The van der Waals surface area contributed by atoms with E-state index in [0.29, 0.717) is 15.6 Å². The van der Waals surface area contributed by atoms with E-state index in [0.717, 1.165) is 18.4 Å². The standard InChI is InChI=1S/C14H17IO2S/c15-13-10-6-11(14(13)16)12(7-10)18(17)8-9-4-2-1-3-5-9/h1-5,10-14,16H,6-8H2/t10-,11+,12-,13-,14-,18?/m0/s1. The van der Waals surface area contributed by atoms with Crippen LogP contribution in [0.3, 0.4) is 0 Å². The number of fused-ring (bicyclic) bond motifs is 2. The Bertz CT molecular complexity index is 448. The van der Waals surface area contributed by atoms with Gasteiger partial charge in [-0.2, -0.15) is 0 Å². The molecule has 0 saturated heterocycles. The molecule has 2 bridgehead atoms. The molecule has 0 amide bonds. The quantitative estimate of drug-likeness (QED) is 0.650. The largest absolute Gasteiger partial charge is 0.392 e. The molecule has 1 aromatic rings. The third kappa shape index (κ3) is 2.27. The predicted molar refractivity (Wildman–Crippen MR) is 82.1 cm³/mol. The molecule has 2 aliphatic rings. The van der Waals surface area contributed by atoms with Crippen molar-refractivity contribution in [1.29, 1.82) is 0 Å². The number of hydrogen-bond donors (Lipinski definition) is 1. The van der Waals surface area contributed by atoms with E-state index in [4.69, 9.17) is 0 Å². The molecule has 0 radical (unpaired) electrons. The highest BCUT2D eigenvalue weighted by molar-refractivity contribution is 14.1. The fourth-order valence-electron chi connectivity index (χ4n) is 3.35. The van der Waals surface area contributed by atoms with Crippen molar-refractivity contribution in [2.75, 3.05) is 0 Å². The van der Waals surface area contributed by atoms with E-state index in [9.17, 15) is 9.32 Å². The van der Waals surface area contributed by atoms with E-state index < -0.39 is 10.8 Å². The number of aliphatic hydroxyl groups excluding tert-OH is 1. The number of aliphatic hydroxyl groups is 1. The van der Waals surface area contributed by atoms with E-state index in [-0.39, 0.29) is 17.3 Å². The summed E-state index contributed by atoms with van der Waals surface area (Å²) in [5, 5.41) is 10.3. The second kappa shape index (κ2) is 5.21. The highest BCUT2D eigenvalue weighted by Crippen LogP contribution is 2.50. The van der Waals surface area contributed by atoms with Crippen molar-refractivity contribution in [3.63, 3.8) is 0 Å². The number of hydrogen-bond acceptors (Lipinski definition) is 2. The van der Waals surface area contributed by atoms with Crippen molar-refractivity contribution in [2.24, 2.45) is 11.8 Å². The van der Waals surface area contributed by atoms with Crippen LogP contribution in [0.25, 0.3) is 0 Å². The molecule has 0 aliphatic heterocycles. The molecular weight excluding hydrogens is 359 g/mol. The van der Waals surface area contributed by atoms with Gasteiger partial charge >= 0.3 is 0 Å². The van der Waals surface area contributed by atoms with Gasteiger partial charge in [0.05, 0.1) is 6.10 Å². The lowest BCUT2D eigenvalue weighted by atomic mass is 9.97. The Hall–Kier alpha value is 0.0600. The minimum absolute atomic E-state index is 0.205. The van der Waals surface area contributed by atoms with Crippen molar-refractivity contribution in [3.05, 3.63) is 35.9 Å². The predicted octanol–water partition coefficient (Wildman–Crippen LogP) is 2.51. The molecule has 0 aromatic heterocycles. The first-order valence-electron chi connectivity index (χ1n) is 6.40. The summed E-state index contributed by atoms with van der Waals surface area (Å²) in [6.45, 7) is 0. The molecule has 18 heavy (non-hydrogen) atoms. The van der Waals surface area contributed by atoms with Gasteiger partial charge in [-0.05, 0) is 24.3 Å². The molecule has 6 atom stereocenters. The average molecular weight is 376 g/mol. The summed E-state index contributed by atoms with van der Waals surface area (Å²) in [5.41, 5.74) is 1.14. The maximum absolute atomic E-state index is 12.5. The number of halogens is 1. The van der Waals surface area contributed by atoms with Gasteiger partial charge in [-0.1, -0.05) is 52.9 Å². The van der Waals surface area contributed by atoms with Crippen molar-refractivity contribution in [2.45, 2.75) is 33.9 Å². The fourth-order valence-corrected chi connectivity index (χ4v) is 6.33. The Morgan fingerprint density at radius 3 is 2.61 bits per heavy atom. The summed E-state index contributed by atoms with van der Waals surface area (Å²) >= 11 is 2.36. The van der Waals surface area contributed by atoms with Gasteiger partial charge in [0.15, 0.2) is 0 Å². The lowest BCUT2D eigenvalue weighted by molar-refractivity contribution is 0.126. The van der Waals surface area contributed by atoms with Crippen LogP contribution < -0.4 is 0 Å². The van der Waals surface area contributed by atoms with Gasteiger partial charge in [0.2, 0.25) is 0 Å². The number of alkyl halides is 1. The SMILES string of the molecule is O=S(Cc1ccccc1)[C@H]1C[C@@H]2C[C@H]1[C@H](O)[C@H]2I. The number of benzene rings is 1. The van der Waals surface area contributed by atoms with Gasteiger partial charge in [0.1, 0.15) is 0 Å². The highest BCUT2D eigenvalue weighted by atomic mass is 127. The highest BCUT2D eigenvalue weighted by Gasteiger charge is 2.52. The van der Waals surface area contributed by atoms with Crippen molar-refractivity contribution in [1.82, 2.24) is 0 Å². The van der Waals surface area contributed by atoms with Crippen LogP contribution in [0.5, 0.6) is 0 Å². The summed E-state index contributed by atoms with van der Waals surface area (Å²) in [6.07, 6.45) is 1.86. The van der Waals surface area contributed by atoms with Crippen LogP contribution in [-0.4, -0.2) is 24.6 Å². The fraction of sp³-hybridized carbons (Fsp3) is 0.571. The summed E-state index contributed by atoms with van der Waals surface area (Å²) < 4.78 is 12.8. The molecule has 4 heteroatoms. The number of rotatable bonds is 3. The van der Waals surface area contributed by atoms with Gasteiger partial charge in [0.25, 0.3) is 0 Å². The molecule has 1 N–H and O–H groups in total. The van der Waals surface area contributed by atoms with E-state index in [1.807, 2.05) is 30.3 Å². The molecule has 2 nitrogen and oxygen atoms in total. The molecule has 2 saturated carbocycles. The van der Waals surface area contributed by atoms with Crippen molar-refractivity contribution in [3.8, 4) is 0 Å². The second-order valence-electron chi connectivity index (χ2n) is 5.38. The molecular formula is C14H17IO2S. The zero-order valence-electron chi connectivity index (χ0n) is 10.0. The first-order valence-corrected chi connectivity index (χ1v) is 9.03. The zero-order chi connectivity index (χ0) is 12.7. The van der Waals surface area contributed by atoms with Crippen LogP contribution in [0, 0.1) is 11.8 Å². The average Bonchev–Trinajstić information content (AvgIpc) is 2.92. The van der Waals surface area contributed by atoms with E-state index in [1.165, 1.54) is 0 Å². The van der Waals surface area contributed by atoms with E-state index >= 15 is 0 Å². The molecule has 2 aliphatic carbocycles. The van der Waals surface area contributed by atoms with E-state index in [1.54, 1.807) is 0 Å². The maximum Gasteiger partial charge on any atom is 0.0700 e. The zero-order valence-corrected chi connectivity index (χ0v) is 13.0. The van der Waals surface area contributed by atoms with Gasteiger partial charge in [0, 0.05) is 31.6 Å². The Balaban J connectivity index is 1.68. The van der Waals surface area contributed by atoms with Crippen molar-refractivity contribution >= 4 is 33.4 Å². The molecule has 98 valence electrons. The van der Waals surface area contributed by atoms with Crippen LogP contribution in [-0.2, 0) is 16.6 Å². The lowest BCUT2D eigenvalue weighted by Crippen LogP contribution is -2.38. The minimum atomic E-state index is -0.845. The van der Waals surface area contributed by atoms with E-state index in [2.05, 4.69) is 22.6 Å². The smallest absolute Gasteiger partial charge is 0.0700 e. The van der Waals surface area contributed by atoms with Crippen LogP contribution in [0.2, 0.25) is 0 Å². The Labute approximate surface area is 124 Å². The Morgan fingerprint density at radius 2 is 2.00 bits per heavy atom. The summed E-state index contributed by atoms with van der Waals surface area (Å²) in [6, 6.07) is 10.0. The first-order chi connectivity index (χ1) is 8.66. The van der Waals surface area contributed by atoms with Gasteiger partial charge in [-0.25, -0.2) is 0 Å². The molecule has 1 aromatic carbocycles. The van der Waals surface area contributed by atoms with Gasteiger partial charge in [-0.3, -0.25) is 4.21 Å². The van der Waals surface area contributed by atoms with Gasteiger partial charge < -0.3 is 5.11 Å². The normalized spacial score (nSPS) is 40.0. The lowest BCUT2D eigenvalue weighted by Gasteiger charge is -2.29. The second-order valence-corrected chi connectivity index (χ2v) is 8.47. The molecule has 0 heterocycles. The van der Waals surface area contributed by atoms with Crippen molar-refractivity contribution < 1.29 is 9.32 Å². The van der Waals surface area contributed by atoms with Crippen LogP contribution in [0.15, 0.2) is 30.3 Å². The topological polar surface area (TPSA) is 37.3 Å². The molecule has 0 spiro atoms. The molecule has 1 unspecified atom stereocenters. The minimum Gasteiger partial charge on any atom is -0.392 e. The van der Waals surface area contributed by atoms with Crippen LogP contribution >= 0.6 is 22.6 Å². The first kappa shape index (κ1) is 13.1.